The highest BCUT2D eigenvalue weighted by Gasteiger charge is 2.28. The fourth-order valence-corrected chi connectivity index (χ4v) is 3.42. The van der Waals surface area contributed by atoms with Crippen molar-refractivity contribution >= 4 is 17.9 Å². The van der Waals surface area contributed by atoms with Gasteiger partial charge in [0.05, 0.1) is 5.92 Å². The lowest BCUT2D eigenvalue weighted by molar-refractivity contribution is -0.140. The molecule has 152 valence electrons. The van der Waals surface area contributed by atoms with E-state index in [9.17, 15) is 9.59 Å². The summed E-state index contributed by atoms with van der Waals surface area (Å²) >= 11 is 0. The number of carbonyl (C=O) groups is 2. The number of nitrogens with one attached hydrogen (secondary N) is 2. The Morgan fingerprint density at radius 2 is 1.62 bits per heavy atom. The van der Waals surface area contributed by atoms with E-state index in [-0.39, 0.29) is 29.2 Å². The lowest BCUT2D eigenvalue weighted by Crippen LogP contribution is -2.36. The zero-order valence-corrected chi connectivity index (χ0v) is 16.1. The van der Waals surface area contributed by atoms with Crippen molar-refractivity contribution in [3.8, 4) is 11.5 Å². The maximum atomic E-state index is 12.6. The standard InChI is InChI=1S/C22H25N3O4/c23-22(24)25-14-15-10-12-16(13-11-15)20(26)29-19-9-5-4-8-18(19)21(27)28-17-6-2-1-3-7-17/h1-9,15-16H,10-14H2,(H4,23,24,25)/t15-,16-. The van der Waals surface area contributed by atoms with Gasteiger partial charge in [0.2, 0.25) is 0 Å². The Morgan fingerprint density at radius 3 is 2.31 bits per heavy atom. The third-order valence-electron chi connectivity index (χ3n) is 5.03. The Balaban J connectivity index is 1.58. The van der Waals surface area contributed by atoms with Crippen LogP contribution in [0.5, 0.6) is 11.5 Å². The van der Waals surface area contributed by atoms with Crippen LogP contribution in [0.1, 0.15) is 36.0 Å². The molecule has 7 nitrogen and oxygen atoms in total. The predicted molar refractivity (Wildman–Crippen MR) is 109 cm³/mol. The molecule has 1 aliphatic rings. The van der Waals surface area contributed by atoms with Gasteiger partial charge in [0.25, 0.3) is 0 Å². The SMILES string of the molecule is N=C(N)NC[C@H]1CC[C@H](C(=O)Oc2ccccc2C(=O)Oc2ccccc2)CC1. The average Bonchev–Trinajstić information content (AvgIpc) is 2.73. The molecular formula is C22H25N3O4. The first-order valence-corrected chi connectivity index (χ1v) is 9.68. The molecule has 0 aliphatic heterocycles. The summed E-state index contributed by atoms with van der Waals surface area (Å²) in [6.45, 7) is 0.644. The van der Waals surface area contributed by atoms with E-state index in [1.807, 2.05) is 6.07 Å². The molecule has 3 rings (SSSR count). The number of benzene rings is 2. The smallest absolute Gasteiger partial charge is 0.347 e. The van der Waals surface area contributed by atoms with Crippen LogP contribution in [0.2, 0.25) is 0 Å². The molecule has 0 aromatic heterocycles. The molecule has 1 aliphatic carbocycles. The third-order valence-corrected chi connectivity index (χ3v) is 5.03. The summed E-state index contributed by atoms with van der Waals surface area (Å²) in [7, 11) is 0. The summed E-state index contributed by atoms with van der Waals surface area (Å²) in [5, 5.41) is 10.1. The third kappa shape index (κ3) is 5.81. The highest BCUT2D eigenvalue weighted by atomic mass is 16.5. The van der Waals surface area contributed by atoms with Crippen LogP contribution in [-0.2, 0) is 4.79 Å². The Hall–Kier alpha value is -3.35. The van der Waals surface area contributed by atoms with Gasteiger partial charge in [-0.3, -0.25) is 10.2 Å². The Kier molecular flexibility index (Phi) is 6.84. The summed E-state index contributed by atoms with van der Waals surface area (Å²) in [6.07, 6.45) is 3.13. The molecule has 0 heterocycles. The molecule has 0 unspecified atom stereocenters. The minimum absolute atomic E-state index is 0.0365. The van der Waals surface area contributed by atoms with E-state index in [0.29, 0.717) is 31.1 Å². The van der Waals surface area contributed by atoms with Crippen LogP contribution in [0.25, 0.3) is 0 Å². The van der Waals surface area contributed by atoms with E-state index in [1.54, 1.807) is 48.5 Å². The highest BCUT2D eigenvalue weighted by molar-refractivity contribution is 5.95. The molecule has 1 saturated carbocycles. The largest absolute Gasteiger partial charge is 0.425 e. The maximum Gasteiger partial charge on any atom is 0.347 e. The van der Waals surface area contributed by atoms with E-state index in [2.05, 4.69) is 5.32 Å². The summed E-state index contributed by atoms with van der Waals surface area (Å²) in [4.78, 5) is 25.1. The van der Waals surface area contributed by atoms with Gasteiger partial charge >= 0.3 is 11.9 Å². The number of ether oxygens (including phenoxy) is 2. The van der Waals surface area contributed by atoms with Gasteiger partial charge < -0.3 is 20.5 Å². The van der Waals surface area contributed by atoms with Crippen molar-refractivity contribution in [1.82, 2.24) is 5.32 Å². The van der Waals surface area contributed by atoms with E-state index >= 15 is 0 Å². The minimum Gasteiger partial charge on any atom is -0.425 e. The van der Waals surface area contributed by atoms with Gasteiger partial charge in [-0.1, -0.05) is 30.3 Å². The first-order valence-electron chi connectivity index (χ1n) is 9.68. The number of rotatable bonds is 6. The number of esters is 2. The Morgan fingerprint density at radius 1 is 0.966 bits per heavy atom. The molecule has 2 aromatic carbocycles. The van der Waals surface area contributed by atoms with Crippen LogP contribution in [0.4, 0.5) is 0 Å². The molecule has 0 atom stereocenters. The summed E-state index contributed by atoms with van der Waals surface area (Å²) in [6, 6.07) is 15.3. The molecule has 0 bridgehead atoms. The molecule has 0 amide bonds. The van der Waals surface area contributed by atoms with Crippen molar-refractivity contribution in [2.45, 2.75) is 25.7 Å². The molecule has 7 heteroatoms. The predicted octanol–water partition coefficient (Wildman–Crippen LogP) is 3.10. The number of nitrogens with two attached hydrogens (primary N) is 1. The first-order chi connectivity index (χ1) is 14.0. The molecular weight excluding hydrogens is 370 g/mol. The number of para-hydroxylation sites is 2. The van der Waals surface area contributed by atoms with Gasteiger partial charge in [-0.25, -0.2) is 4.79 Å². The minimum atomic E-state index is -0.571. The van der Waals surface area contributed by atoms with Crippen LogP contribution in [-0.4, -0.2) is 24.4 Å². The molecule has 29 heavy (non-hydrogen) atoms. The van der Waals surface area contributed by atoms with Crippen LogP contribution >= 0.6 is 0 Å². The monoisotopic (exact) mass is 395 g/mol. The second-order valence-corrected chi connectivity index (χ2v) is 7.13. The van der Waals surface area contributed by atoms with Crippen molar-refractivity contribution in [3.05, 3.63) is 60.2 Å². The summed E-state index contributed by atoms with van der Waals surface area (Å²) < 4.78 is 10.9. The van der Waals surface area contributed by atoms with Crippen LogP contribution in [0.15, 0.2) is 54.6 Å². The van der Waals surface area contributed by atoms with Crippen molar-refractivity contribution in [2.24, 2.45) is 17.6 Å². The maximum absolute atomic E-state index is 12.6. The van der Waals surface area contributed by atoms with Gasteiger partial charge in [-0.2, -0.15) is 0 Å². The van der Waals surface area contributed by atoms with Crippen LogP contribution < -0.4 is 20.5 Å². The second-order valence-electron chi connectivity index (χ2n) is 7.13. The van der Waals surface area contributed by atoms with E-state index in [4.69, 9.17) is 20.6 Å². The molecule has 0 saturated heterocycles. The second kappa shape index (κ2) is 9.73. The van der Waals surface area contributed by atoms with E-state index in [1.165, 1.54) is 0 Å². The summed E-state index contributed by atoms with van der Waals surface area (Å²) in [5.41, 5.74) is 5.53. The van der Waals surface area contributed by atoms with E-state index < -0.39 is 5.97 Å². The molecule has 0 spiro atoms. The topological polar surface area (TPSA) is 115 Å². The zero-order valence-electron chi connectivity index (χ0n) is 16.1. The Labute approximate surface area is 169 Å². The van der Waals surface area contributed by atoms with Crippen molar-refractivity contribution in [3.63, 3.8) is 0 Å². The number of carbonyl (C=O) groups excluding carboxylic acids is 2. The Bertz CT molecular complexity index is 861. The van der Waals surface area contributed by atoms with Crippen molar-refractivity contribution in [2.75, 3.05) is 6.54 Å². The molecule has 4 N–H and O–H groups in total. The lowest BCUT2D eigenvalue weighted by atomic mass is 9.82. The van der Waals surface area contributed by atoms with Crippen molar-refractivity contribution < 1.29 is 19.1 Å². The highest BCUT2D eigenvalue weighted by Crippen LogP contribution is 2.30. The fraction of sp³-hybridized carbons (Fsp3) is 0.318. The van der Waals surface area contributed by atoms with Gasteiger partial charge in [0, 0.05) is 6.54 Å². The molecule has 0 radical (unpaired) electrons. The van der Waals surface area contributed by atoms with Crippen LogP contribution in [0, 0.1) is 17.2 Å². The average molecular weight is 395 g/mol. The normalized spacial score (nSPS) is 18.5. The van der Waals surface area contributed by atoms with Gasteiger partial charge in [0.1, 0.15) is 17.1 Å². The number of guanidine groups is 1. The fourth-order valence-electron chi connectivity index (χ4n) is 3.42. The zero-order chi connectivity index (χ0) is 20.6. The first kappa shape index (κ1) is 20.4. The quantitative estimate of drug-likeness (QED) is 0.300. The van der Waals surface area contributed by atoms with E-state index in [0.717, 1.165) is 12.8 Å². The van der Waals surface area contributed by atoms with Crippen LogP contribution in [0.3, 0.4) is 0 Å². The molecule has 1 fully saturated rings. The van der Waals surface area contributed by atoms with Gasteiger partial charge in [0.15, 0.2) is 5.96 Å². The van der Waals surface area contributed by atoms with Gasteiger partial charge in [-0.15, -0.1) is 0 Å². The van der Waals surface area contributed by atoms with Crippen molar-refractivity contribution in [1.29, 1.82) is 5.41 Å². The number of hydrogen-bond donors (Lipinski definition) is 3. The summed E-state index contributed by atoms with van der Waals surface area (Å²) in [5.74, 6) is -0.125. The van der Waals surface area contributed by atoms with Gasteiger partial charge in [-0.05, 0) is 55.9 Å². The number of hydrogen-bond acceptors (Lipinski definition) is 5. The molecule has 2 aromatic rings. The lowest BCUT2D eigenvalue weighted by Gasteiger charge is -2.27.